The van der Waals surface area contributed by atoms with Crippen molar-refractivity contribution < 1.29 is 62.3 Å². The Balaban J connectivity index is 1.58. The van der Waals surface area contributed by atoms with Gasteiger partial charge in [-0.3, -0.25) is 14.4 Å². The Bertz CT molecular complexity index is 1870. The van der Waals surface area contributed by atoms with E-state index in [1.807, 2.05) is 0 Å². The van der Waals surface area contributed by atoms with Crippen LogP contribution in [0.2, 0.25) is 0 Å². The minimum atomic E-state index is -2.38. The zero-order valence-electron chi connectivity index (χ0n) is 30.9. The zero-order valence-corrected chi connectivity index (χ0v) is 30.9. The highest BCUT2D eigenvalue weighted by molar-refractivity contribution is 5.95. The first-order chi connectivity index (χ1) is 25.3. The van der Waals surface area contributed by atoms with Gasteiger partial charge in [-0.25, -0.2) is 14.0 Å². The number of rotatable bonds is 8. The van der Waals surface area contributed by atoms with Crippen LogP contribution in [0.15, 0.2) is 71.8 Å². The molecule has 14 heteroatoms. The van der Waals surface area contributed by atoms with Crippen LogP contribution in [0.4, 0.5) is 4.39 Å². The van der Waals surface area contributed by atoms with E-state index in [4.69, 9.17) is 29.4 Å². The molecular formula is C40H46FNO12. The van der Waals surface area contributed by atoms with E-state index in [9.17, 15) is 29.4 Å². The number of aliphatic hydroxyl groups excluding tert-OH is 1. The van der Waals surface area contributed by atoms with Gasteiger partial charge in [-0.1, -0.05) is 62.4 Å². The average molecular weight is 752 g/mol. The number of carbonyl (C=O) groups is 5. The maximum absolute atomic E-state index is 17.0. The Morgan fingerprint density at radius 1 is 0.944 bits per heavy atom. The molecule has 13 nitrogen and oxygen atoms in total. The van der Waals surface area contributed by atoms with Crippen LogP contribution in [0.1, 0.15) is 76.3 Å². The number of ketones is 1. The molecule has 1 heterocycles. The van der Waals surface area contributed by atoms with Crippen molar-refractivity contribution in [2.75, 3.05) is 6.61 Å². The summed E-state index contributed by atoms with van der Waals surface area (Å²) in [5.74, 6) is -6.41. The monoisotopic (exact) mass is 751 g/mol. The van der Waals surface area contributed by atoms with Gasteiger partial charge in [-0.05, 0) is 42.7 Å². The van der Waals surface area contributed by atoms with Gasteiger partial charge < -0.3 is 39.6 Å². The van der Waals surface area contributed by atoms with Crippen LogP contribution >= 0.6 is 0 Å². The van der Waals surface area contributed by atoms with Crippen LogP contribution in [0.5, 0.6) is 0 Å². The summed E-state index contributed by atoms with van der Waals surface area (Å²) >= 11 is 0. The second-order valence-corrected chi connectivity index (χ2v) is 15.5. The number of hydrogen-bond donors (Lipinski definition) is 3. The van der Waals surface area contributed by atoms with Crippen LogP contribution in [0.3, 0.4) is 0 Å². The van der Waals surface area contributed by atoms with Gasteiger partial charge in [-0.2, -0.15) is 0 Å². The van der Waals surface area contributed by atoms with Crippen LogP contribution in [-0.2, 0) is 42.9 Å². The van der Waals surface area contributed by atoms with Gasteiger partial charge in [0.1, 0.15) is 30.1 Å². The van der Waals surface area contributed by atoms with Gasteiger partial charge in [0.05, 0.1) is 29.5 Å². The molecule has 3 fully saturated rings. The van der Waals surface area contributed by atoms with Gasteiger partial charge in [0, 0.05) is 32.1 Å². The molecule has 0 radical (unpaired) electrons. The number of halogens is 1. The Labute approximate surface area is 311 Å². The molecule has 1 aliphatic heterocycles. The molecule has 54 heavy (non-hydrogen) atoms. The number of fused-ring (bicyclic) bond motifs is 5. The Kier molecular flexibility index (Phi) is 10.1. The summed E-state index contributed by atoms with van der Waals surface area (Å²) < 4.78 is 46.6. The van der Waals surface area contributed by atoms with E-state index in [1.54, 1.807) is 62.4 Å². The maximum atomic E-state index is 17.0. The molecule has 2 aromatic rings. The number of aliphatic hydroxyl groups is 2. The van der Waals surface area contributed by atoms with E-state index >= 15 is 9.18 Å². The van der Waals surface area contributed by atoms with Crippen molar-refractivity contribution in [3.05, 3.63) is 82.9 Å². The van der Waals surface area contributed by atoms with Gasteiger partial charge in [0.2, 0.25) is 0 Å². The van der Waals surface area contributed by atoms with Crippen molar-refractivity contribution in [3.8, 4) is 0 Å². The molecule has 3 aliphatic carbocycles. The lowest BCUT2D eigenvalue weighted by atomic mass is 9.45. The van der Waals surface area contributed by atoms with Crippen LogP contribution < -0.4 is 5.73 Å². The lowest BCUT2D eigenvalue weighted by Crippen LogP contribution is -2.81. The predicted molar refractivity (Wildman–Crippen MR) is 187 cm³/mol. The topological polar surface area (TPSA) is 198 Å². The SMILES string of the molecule is CC(=O)O[C@H]1C(=O)[C@]2(C)C(F)CC3OC[C@@]3(OC(C)=O)C2C(OC(=O)c2ccccc2)[C@]2(O)CC(OC(=O)C(O)[C@@H](N)c3ccccc3)C(C)=C1C2(C)C. The van der Waals surface area contributed by atoms with Gasteiger partial charge in [-0.15, -0.1) is 0 Å². The summed E-state index contributed by atoms with van der Waals surface area (Å²) in [7, 11) is 0. The number of benzene rings is 2. The summed E-state index contributed by atoms with van der Waals surface area (Å²) in [6.45, 7) is 7.75. The normalized spacial score (nSPS) is 35.0. The summed E-state index contributed by atoms with van der Waals surface area (Å²) in [5, 5.41) is 24.5. The number of ether oxygens (including phenoxy) is 5. The van der Waals surface area contributed by atoms with E-state index in [2.05, 4.69) is 0 Å². The van der Waals surface area contributed by atoms with Crippen molar-refractivity contribution in [3.63, 3.8) is 0 Å². The number of hydrogen-bond acceptors (Lipinski definition) is 13. The van der Waals surface area contributed by atoms with Crippen molar-refractivity contribution in [2.45, 2.75) is 108 Å². The van der Waals surface area contributed by atoms with Crippen LogP contribution in [0, 0.1) is 16.7 Å². The number of esters is 4. The first kappa shape index (κ1) is 39.2. The Hall–Kier alpha value is -4.50. The lowest BCUT2D eigenvalue weighted by molar-refractivity contribution is -0.341. The predicted octanol–water partition coefficient (Wildman–Crippen LogP) is 3.24. The summed E-state index contributed by atoms with van der Waals surface area (Å²) in [6.07, 6.45) is -11.1. The van der Waals surface area contributed by atoms with E-state index in [1.165, 1.54) is 26.0 Å². The first-order valence-electron chi connectivity index (χ1n) is 17.9. The third-order valence-electron chi connectivity index (χ3n) is 12.1. The first-order valence-corrected chi connectivity index (χ1v) is 17.9. The van der Waals surface area contributed by atoms with E-state index in [0.717, 1.165) is 13.8 Å². The highest BCUT2D eigenvalue weighted by Gasteiger charge is 2.78. The standard InChI is InChI=1S/C40H46FNO12/c1-20-25(52-36(48)30(45)29(42)23-13-9-7-10-14-23)18-40(49)34(53-35(47)24-15-11-8-12-16-24)32-38(6,26(41)17-27-39(32,19-50-27)54-22(3)44)33(46)31(51-21(2)43)28(20)37(40,4)5/h7-16,25-27,29-32,34,45,49H,17-19,42H2,1-6H3/t25?,26?,27?,29-,30?,31+,32?,34?,38+,39-,40+/m0/s1. The van der Waals surface area contributed by atoms with E-state index in [-0.39, 0.29) is 23.3 Å². The molecule has 6 unspecified atom stereocenters. The van der Waals surface area contributed by atoms with Crippen molar-refractivity contribution in [1.82, 2.24) is 0 Å². The number of Topliss-reactive ketones (excluding diaryl/α,β-unsaturated/α-hetero) is 1. The zero-order chi connectivity index (χ0) is 39.5. The fraction of sp³-hybridized carbons (Fsp3) is 0.525. The Morgan fingerprint density at radius 3 is 2.11 bits per heavy atom. The van der Waals surface area contributed by atoms with Gasteiger partial charge in [0.15, 0.2) is 23.6 Å². The summed E-state index contributed by atoms with van der Waals surface area (Å²) in [6, 6.07) is 14.9. The fourth-order valence-electron chi connectivity index (χ4n) is 9.19. The molecule has 0 aromatic heterocycles. The minimum absolute atomic E-state index is 0.0164. The van der Waals surface area contributed by atoms with Gasteiger partial charge >= 0.3 is 23.9 Å². The smallest absolute Gasteiger partial charge is 0.338 e. The second kappa shape index (κ2) is 14.0. The van der Waals surface area contributed by atoms with E-state index < -0.39 is 113 Å². The molecule has 0 amide bonds. The molecule has 290 valence electrons. The fourth-order valence-corrected chi connectivity index (χ4v) is 9.19. The van der Waals surface area contributed by atoms with Crippen LogP contribution in [0.25, 0.3) is 0 Å². The molecule has 2 aromatic carbocycles. The molecule has 11 atom stereocenters. The summed E-state index contributed by atoms with van der Waals surface area (Å²) in [5.41, 5.74) is -1.16. The highest BCUT2D eigenvalue weighted by atomic mass is 19.1. The van der Waals surface area contributed by atoms with Crippen molar-refractivity contribution >= 4 is 29.7 Å². The number of carbonyl (C=O) groups excluding carboxylic acids is 5. The summed E-state index contributed by atoms with van der Waals surface area (Å²) in [4.78, 5) is 68.5. The van der Waals surface area contributed by atoms with Crippen LogP contribution in [-0.4, -0.2) is 94.4 Å². The van der Waals surface area contributed by atoms with Gasteiger partial charge in [0.25, 0.3) is 0 Å². The molecular weight excluding hydrogens is 705 g/mol. The number of nitrogens with two attached hydrogens (primary N) is 1. The molecule has 4 N–H and O–H groups in total. The van der Waals surface area contributed by atoms with Crippen molar-refractivity contribution in [2.24, 2.45) is 22.5 Å². The highest BCUT2D eigenvalue weighted by Crippen LogP contribution is 2.65. The molecule has 4 aliphatic rings. The van der Waals surface area contributed by atoms with Crippen molar-refractivity contribution in [1.29, 1.82) is 0 Å². The molecule has 2 saturated carbocycles. The minimum Gasteiger partial charge on any atom is -0.456 e. The number of alkyl halides is 1. The average Bonchev–Trinajstić information content (AvgIpc) is 3.12. The Morgan fingerprint density at radius 2 is 1.56 bits per heavy atom. The molecule has 0 spiro atoms. The molecule has 6 rings (SSSR count). The lowest BCUT2D eigenvalue weighted by Gasteiger charge is -2.67. The molecule has 2 bridgehead atoms. The third-order valence-corrected chi connectivity index (χ3v) is 12.1. The molecule has 1 saturated heterocycles. The maximum Gasteiger partial charge on any atom is 0.338 e. The quantitative estimate of drug-likeness (QED) is 0.202. The largest absolute Gasteiger partial charge is 0.456 e. The second-order valence-electron chi connectivity index (χ2n) is 15.5. The van der Waals surface area contributed by atoms with E-state index in [0.29, 0.717) is 5.56 Å². The third kappa shape index (κ3) is 6.03.